The number of benzene rings is 2. The Balaban J connectivity index is 1.84. The van der Waals surface area contributed by atoms with E-state index in [2.05, 4.69) is 5.32 Å². The van der Waals surface area contributed by atoms with Crippen LogP contribution in [0, 0.1) is 18.3 Å². The molecule has 1 N–H and O–H groups in total. The normalized spacial score (nSPS) is 16.1. The maximum absolute atomic E-state index is 12.4. The van der Waals surface area contributed by atoms with Crippen molar-refractivity contribution >= 4 is 5.91 Å². The SMILES string of the molecule is Cc1ccc2c(c1)C(NC(=O)c1cccc(C#N)c1)CCO2. The summed E-state index contributed by atoms with van der Waals surface area (Å²) in [6.45, 7) is 2.60. The Hall–Kier alpha value is -2.80. The number of nitriles is 1. The molecule has 1 amide bonds. The van der Waals surface area contributed by atoms with Crippen LogP contribution in [0.3, 0.4) is 0 Å². The Kier molecular flexibility index (Phi) is 3.80. The van der Waals surface area contributed by atoms with E-state index in [1.54, 1.807) is 24.3 Å². The number of carbonyl (C=O) groups is 1. The minimum absolute atomic E-state index is 0.0677. The van der Waals surface area contributed by atoms with Gasteiger partial charge in [-0.05, 0) is 31.2 Å². The quantitative estimate of drug-likeness (QED) is 0.925. The molecule has 110 valence electrons. The Labute approximate surface area is 129 Å². The van der Waals surface area contributed by atoms with Gasteiger partial charge in [0, 0.05) is 17.5 Å². The zero-order valence-corrected chi connectivity index (χ0v) is 12.3. The molecule has 2 aromatic carbocycles. The molecule has 3 rings (SSSR count). The number of nitrogens with one attached hydrogen (secondary N) is 1. The molecular formula is C18H16N2O2. The number of rotatable bonds is 2. The highest BCUT2D eigenvalue weighted by Gasteiger charge is 2.23. The molecule has 2 aromatic rings. The lowest BCUT2D eigenvalue weighted by Gasteiger charge is -2.27. The minimum atomic E-state index is -0.170. The average molecular weight is 292 g/mol. The average Bonchev–Trinajstić information content (AvgIpc) is 2.55. The lowest BCUT2D eigenvalue weighted by atomic mass is 9.98. The summed E-state index contributed by atoms with van der Waals surface area (Å²) in [4.78, 5) is 12.4. The highest BCUT2D eigenvalue weighted by Crippen LogP contribution is 2.32. The number of ether oxygens (including phenoxy) is 1. The molecule has 0 spiro atoms. The Morgan fingerprint density at radius 2 is 2.18 bits per heavy atom. The van der Waals surface area contributed by atoms with Crippen LogP contribution in [0.5, 0.6) is 5.75 Å². The van der Waals surface area contributed by atoms with Gasteiger partial charge < -0.3 is 10.1 Å². The van der Waals surface area contributed by atoms with E-state index in [0.29, 0.717) is 17.7 Å². The minimum Gasteiger partial charge on any atom is -0.493 e. The first-order valence-corrected chi connectivity index (χ1v) is 7.22. The summed E-state index contributed by atoms with van der Waals surface area (Å²) in [5.41, 5.74) is 3.13. The van der Waals surface area contributed by atoms with E-state index >= 15 is 0 Å². The van der Waals surface area contributed by atoms with Crippen molar-refractivity contribution in [3.8, 4) is 11.8 Å². The molecule has 0 fully saturated rings. The van der Waals surface area contributed by atoms with Gasteiger partial charge in [0.05, 0.1) is 24.3 Å². The van der Waals surface area contributed by atoms with Gasteiger partial charge in [-0.2, -0.15) is 5.26 Å². The van der Waals surface area contributed by atoms with Crippen LogP contribution in [0.2, 0.25) is 0 Å². The van der Waals surface area contributed by atoms with Crippen LogP contribution >= 0.6 is 0 Å². The van der Waals surface area contributed by atoms with Gasteiger partial charge in [0.25, 0.3) is 5.91 Å². The standard InChI is InChI=1S/C18H16N2O2/c1-12-5-6-17-15(9-12)16(7-8-22-17)20-18(21)14-4-2-3-13(10-14)11-19/h2-6,9-10,16H,7-8H2,1H3,(H,20,21). The monoisotopic (exact) mass is 292 g/mol. The van der Waals surface area contributed by atoms with Gasteiger partial charge in [0.15, 0.2) is 0 Å². The van der Waals surface area contributed by atoms with Crippen LogP contribution in [0.15, 0.2) is 42.5 Å². The smallest absolute Gasteiger partial charge is 0.251 e. The molecule has 0 bridgehead atoms. The van der Waals surface area contributed by atoms with Gasteiger partial charge >= 0.3 is 0 Å². The molecule has 1 heterocycles. The lowest BCUT2D eigenvalue weighted by molar-refractivity contribution is 0.0924. The maximum Gasteiger partial charge on any atom is 0.251 e. The summed E-state index contributed by atoms with van der Waals surface area (Å²) in [6.07, 6.45) is 0.736. The van der Waals surface area contributed by atoms with Gasteiger partial charge in [-0.25, -0.2) is 0 Å². The number of fused-ring (bicyclic) bond motifs is 1. The van der Waals surface area contributed by atoms with Crippen molar-refractivity contribution in [2.24, 2.45) is 0 Å². The van der Waals surface area contributed by atoms with Gasteiger partial charge in [-0.15, -0.1) is 0 Å². The molecule has 0 aromatic heterocycles. The van der Waals surface area contributed by atoms with E-state index in [9.17, 15) is 4.79 Å². The van der Waals surface area contributed by atoms with E-state index in [1.165, 1.54) is 0 Å². The van der Waals surface area contributed by atoms with Gasteiger partial charge in [-0.3, -0.25) is 4.79 Å². The van der Waals surface area contributed by atoms with Crippen molar-refractivity contribution in [2.45, 2.75) is 19.4 Å². The topological polar surface area (TPSA) is 62.1 Å². The third kappa shape index (κ3) is 2.79. The molecule has 0 saturated carbocycles. The number of aryl methyl sites for hydroxylation is 1. The first kappa shape index (κ1) is 14.2. The van der Waals surface area contributed by atoms with E-state index < -0.39 is 0 Å². The van der Waals surface area contributed by atoms with Gasteiger partial charge in [0.1, 0.15) is 5.75 Å². The largest absolute Gasteiger partial charge is 0.493 e. The van der Waals surface area contributed by atoms with Crippen molar-refractivity contribution in [2.75, 3.05) is 6.61 Å². The second-order valence-corrected chi connectivity index (χ2v) is 5.40. The predicted octanol–water partition coefficient (Wildman–Crippen LogP) is 3.12. The Bertz CT molecular complexity index is 762. The van der Waals surface area contributed by atoms with Gasteiger partial charge in [-0.1, -0.05) is 23.8 Å². The van der Waals surface area contributed by atoms with Gasteiger partial charge in [0.2, 0.25) is 0 Å². The maximum atomic E-state index is 12.4. The second-order valence-electron chi connectivity index (χ2n) is 5.40. The number of hydrogen-bond donors (Lipinski definition) is 1. The molecule has 22 heavy (non-hydrogen) atoms. The lowest BCUT2D eigenvalue weighted by Crippen LogP contribution is -2.32. The fourth-order valence-corrected chi connectivity index (χ4v) is 2.64. The van der Waals surface area contributed by atoms with Crippen molar-refractivity contribution in [3.05, 3.63) is 64.7 Å². The summed E-state index contributed by atoms with van der Waals surface area (Å²) in [6, 6.07) is 14.7. The number of carbonyl (C=O) groups excluding carboxylic acids is 1. The number of hydrogen-bond acceptors (Lipinski definition) is 3. The summed E-state index contributed by atoms with van der Waals surface area (Å²) >= 11 is 0. The van der Waals surface area contributed by atoms with Crippen molar-refractivity contribution in [3.63, 3.8) is 0 Å². The Morgan fingerprint density at radius 1 is 1.32 bits per heavy atom. The number of amides is 1. The third-order valence-electron chi connectivity index (χ3n) is 3.76. The molecule has 1 unspecified atom stereocenters. The zero-order chi connectivity index (χ0) is 15.5. The van der Waals surface area contributed by atoms with Crippen LogP contribution in [-0.2, 0) is 0 Å². The molecule has 1 aliphatic rings. The highest BCUT2D eigenvalue weighted by atomic mass is 16.5. The van der Waals surface area contributed by atoms with Crippen molar-refractivity contribution in [1.29, 1.82) is 5.26 Å². The van der Waals surface area contributed by atoms with Crippen LogP contribution in [0.25, 0.3) is 0 Å². The third-order valence-corrected chi connectivity index (χ3v) is 3.76. The molecule has 1 aliphatic heterocycles. The summed E-state index contributed by atoms with van der Waals surface area (Å²) in [5, 5.41) is 12.0. The van der Waals surface area contributed by atoms with Crippen LogP contribution in [-0.4, -0.2) is 12.5 Å². The molecular weight excluding hydrogens is 276 g/mol. The van der Waals surface area contributed by atoms with Crippen molar-refractivity contribution < 1.29 is 9.53 Å². The molecule has 0 radical (unpaired) electrons. The fraction of sp³-hybridized carbons (Fsp3) is 0.222. The molecule has 0 saturated heterocycles. The molecule has 1 atom stereocenters. The molecule has 4 heteroatoms. The predicted molar refractivity (Wildman–Crippen MR) is 82.7 cm³/mol. The Morgan fingerprint density at radius 3 is 3.00 bits per heavy atom. The zero-order valence-electron chi connectivity index (χ0n) is 12.3. The van der Waals surface area contributed by atoms with Crippen molar-refractivity contribution in [1.82, 2.24) is 5.32 Å². The summed E-state index contributed by atoms with van der Waals surface area (Å²) in [5.74, 6) is 0.657. The first-order valence-electron chi connectivity index (χ1n) is 7.22. The van der Waals surface area contributed by atoms with E-state index in [0.717, 1.165) is 23.3 Å². The number of nitrogens with zero attached hydrogens (tertiary/aromatic N) is 1. The summed E-state index contributed by atoms with van der Waals surface area (Å²) < 4.78 is 5.64. The van der Waals surface area contributed by atoms with E-state index in [-0.39, 0.29) is 11.9 Å². The van der Waals surface area contributed by atoms with Crippen LogP contribution in [0.1, 0.15) is 39.5 Å². The fourth-order valence-electron chi connectivity index (χ4n) is 2.64. The van der Waals surface area contributed by atoms with Crippen LogP contribution in [0.4, 0.5) is 0 Å². The van der Waals surface area contributed by atoms with E-state index in [4.69, 9.17) is 10.00 Å². The second kappa shape index (κ2) is 5.90. The molecule has 0 aliphatic carbocycles. The van der Waals surface area contributed by atoms with Crippen LogP contribution < -0.4 is 10.1 Å². The van der Waals surface area contributed by atoms with E-state index in [1.807, 2.05) is 31.2 Å². The first-order chi connectivity index (χ1) is 10.7. The summed E-state index contributed by atoms with van der Waals surface area (Å²) in [7, 11) is 0. The highest BCUT2D eigenvalue weighted by molar-refractivity contribution is 5.94. The molecule has 4 nitrogen and oxygen atoms in total.